The quantitative estimate of drug-likeness (QED) is 0.528. The summed E-state index contributed by atoms with van der Waals surface area (Å²) in [7, 11) is 0. The van der Waals surface area contributed by atoms with Crippen LogP contribution in [0.2, 0.25) is 5.02 Å². The maximum absolute atomic E-state index is 14.0. The highest BCUT2D eigenvalue weighted by Crippen LogP contribution is 2.35. The molecule has 1 aromatic carbocycles. The van der Waals surface area contributed by atoms with Gasteiger partial charge in [-0.2, -0.15) is 0 Å². The lowest BCUT2D eigenvalue weighted by atomic mass is 9.85. The van der Waals surface area contributed by atoms with E-state index in [-0.39, 0.29) is 34.2 Å². The molecule has 2 aromatic rings. The Morgan fingerprint density at radius 1 is 1.17 bits per heavy atom. The Balaban J connectivity index is 1.39. The molecule has 1 aliphatic heterocycles. The first-order valence-electron chi connectivity index (χ1n) is 11.5. The van der Waals surface area contributed by atoms with Gasteiger partial charge in [0, 0.05) is 31.2 Å². The molecule has 1 aliphatic carbocycles. The van der Waals surface area contributed by atoms with Crippen LogP contribution in [0.15, 0.2) is 18.5 Å². The van der Waals surface area contributed by atoms with E-state index in [1.54, 1.807) is 4.57 Å². The number of anilines is 1. The SMILES string of the molecule is NC(=O)c1c(C(=O)NCC2CCCO2)ncn1C1CCC(C(=O)Nc2c(F)cc(F)cc2Cl)CC1. The molecule has 1 atom stereocenters. The number of hydrogen-bond donors (Lipinski definition) is 3. The van der Waals surface area contributed by atoms with E-state index in [9.17, 15) is 23.2 Å². The molecule has 4 N–H and O–H groups in total. The fourth-order valence-corrected chi connectivity index (χ4v) is 4.89. The molecule has 188 valence electrons. The highest BCUT2D eigenvalue weighted by molar-refractivity contribution is 6.33. The van der Waals surface area contributed by atoms with Crippen LogP contribution in [0.5, 0.6) is 0 Å². The van der Waals surface area contributed by atoms with Crippen molar-refractivity contribution in [2.24, 2.45) is 11.7 Å². The van der Waals surface area contributed by atoms with Crippen LogP contribution >= 0.6 is 11.6 Å². The van der Waals surface area contributed by atoms with E-state index in [2.05, 4.69) is 15.6 Å². The number of rotatable bonds is 7. The van der Waals surface area contributed by atoms with Gasteiger partial charge >= 0.3 is 0 Å². The number of aromatic nitrogens is 2. The van der Waals surface area contributed by atoms with Crippen LogP contribution in [0.3, 0.4) is 0 Å². The predicted molar refractivity (Wildman–Crippen MR) is 123 cm³/mol. The topological polar surface area (TPSA) is 128 Å². The van der Waals surface area contributed by atoms with Gasteiger partial charge in [-0.1, -0.05) is 11.6 Å². The predicted octanol–water partition coefficient (Wildman–Crippen LogP) is 3.19. The van der Waals surface area contributed by atoms with Crippen LogP contribution in [0.25, 0.3) is 0 Å². The maximum atomic E-state index is 14.0. The molecule has 2 heterocycles. The summed E-state index contributed by atoms with van der Waals surface area (Å²) in [5.74, 6) is -3.92. The van der Waals surface area contributed by atoms with Gasteiger partial charge in [0.15, 0.2) is 11.5 Å². The fraction of sp³-hybridized carbons (Fsp3) is 0.478. The van der Waals surface area contributed by atoms with E-state index < -0.39 is 35.3 Å². The first-order chi connectivity index (χ1) is 16.7. The van der Waals surface area contributed by atoms with Crippen molar-refractivity contribution in [3.63, 3.8) is 0 Å². The Morgan fingerprint density at radius 3 is 2.54 bits per heavy atom. The molecule has 0 spiro atoms. The molecule has 1 saturated carbocycles. The number of carbonyl (C=O) groups excluding carboxylic acids is 3. The van der Waals surface area contributed by atoms with E-state index >= 15 is 0 Å². The van der Waals surface area contributed by atoms with Gasteiger partial charge in [-0.15, -0.1) is 0 Å². The number of hydrogen-bond acceptors (Lipinski definition) is 5. The zero-order valence-electron chi connectivity index (χ0n) is 18.9. The minimum atomic E-state index is -0.952. The van der Waals surface area contributed by atoms with Crippen LogP contribution in [-0.2, 0) is 9.53 Å². The highest BCUT2D eigenvalue weighted by Gasteiger charge is 2.32. The second-order valence-electron chi connectivity index (χ2n) is 8.80. The summed E-state index contributed by atoms with van der Waals surface area (Å²) in [5.41, 5.74) is 5.29. The fourth-order valence-electron chi connectivity index (χ4n) is 4.65. The lowest BCUT2D eigenvalue weighted by Gasteiger charge is -2.29. The molecule has 3 amide bonds. The molecular weight excluding hydrogens is 484 g/mol. The van der Waals surface area contributed by atoms with E-state index in [4.69, 9.17) is 22.1 Å². The molecule has 0 radical (unpaired) electrons. The smallest absolute Gasteiger partial charge is 0.272 e. The third kappa shape index (κ3) is 5.62. The normalized spacial score (nSPS) is 22.1. The van der Waals surface area contributed by atoms with Crippen LogP contribution in [0.1, 0.15) is 65.5 Å². The molecule has 2 fully saturated rings. The zero-order chi connectivity index (χ0) is 25.1. The lowest BCUT2D eigenvalue weighted by Crippen LogP contribution is -2.34. The number of halogens is 3. The Morgan fingerprint density at radius 2 is 1.91 bits per heavy atom. The lowest BCUT2D eigenvalue weighted by molar-refractivity contribution is -0.121. The minimum Gasteiger partial charge on any atom is -0.376 e. The first kappa shape index (κ1) is 25.1. The van der Waals surface area contributed by atoms with E-state index in [0.29, 0.717) is 44.9 Å². The van der Waals surface area contributed by atoms with Crippen LogP contribution in [-0.4, -0.2) is 46.5 Å². The summed E-state index contributed by atoms with van der Waals surface area (Å²) in [6.45, 7) is 0.983. The van der Waals surface area contributed by atoms with E-state index in [0.717, 1.165) is 18.9 Å². The van der Waals surface area contributed by atoms with E-state index in [1.165, 1.54) is 6.33 Å². The number of benzene rings is 1. The molecule has 1 unspecified atom stereocenters. The largest absolute Gasteiger partial charge is 0.376 e. The summed E-state index contributed by atoms with van der Waals surface area (Å²) in [4.78, 5) is 41.6. The minimum absolute atomic E-state index is 0.0166. The number of nitrogens with two attached hydrogens (primary N) is 1. The summed E-state index contributed by atoms with van der Waals surface area (Å²) >= 11 is 5.87. The number of imidazole rings is 1. The maximum Gasteiger partial charge on any atom is 0.272 e. The number of nitrogens with one attached hydrogen (secondary N) is 2. The summed E-state index contributed by atoms with van der Waals surface area (Å²) in [6.07, 6.45) is 5.04. The molecule has 12 heteroatoms. The monoisotopic (exact) mass is 509 g/mol. The molecule has 1 saturated heterocycles. The average Bonchev–Trinajstić information content (AvgIpc) is 3.50. The van der Waals surface area contributed by atoms with Gasteiger partial charge in [0.05, 0.1) is 23.1 Å². The second kappa shape index (κ2) is 10.7. The van der Waals surface area contributed by atoms with Crippen LogP contribution < -0.4 is 16.4 Å². The standard InChI is InChI=1S/C23H26ClF2N5O4/c24-16-8-13(25)9-17(26)18(16)30-22(33)12-3-5-14(6-4-12)31-11-29-19(20(31)21(27)32)23(34)28-10-15-2-1-7-35-15/h8-9,11-12,14-15H,1-7,10H2,(H2,27,32)(H,28,34)(H,30,33). The van der Waals surface area contributed by atoms with Gasteiger partial charge in [0.2, 0.25) is 5.91 Å². The van der Waals surface area contributed by atoms with Gasteiger partial charge in [-0.3, -0.25) is 14.4 Å². The summed E-state index contributed by atoms with van der Waals surface area (Å²) < 4.78 is 34.4. The summed E-state index contributed by atoms with van der Waals surface area (Å²) in [5, 5.41) is 4.97. The van der Waals surface area contributed by atoms with Gasteiger partial charge in [-0.05, 0) is 44.6 Å². The Hall–Kier alpha value is -3.05. The molecule has 35 heavy (non-hydrogen) atoms. The first-order valence-corrected chi connectivity index (χ1v) is 11.8. The number of carbonyl (C=O) groups is 3. The third-order valence-corrected chi connectivity index (χ3v) is 6.77. The van der Waals surface area contributed by atoms with Crippen molar-refractivity contribution < 1.29 is 27.9 Å². The van der Waals surface area contributed by atoms with Crippen molar-refractivity contribution in [1.82, 2.24) is 14.9 Å². The second-order valence-corrected chi connectivity index (χ2v) is 9.20. The summed E-state index contributed by atoms with van der Waals surface area (Å²) in [6, 6.07) is 1.38. The van der Waals surface area contributed by atoms with Gasteiger partial charge in [-0.25, -0.2) is 13.8 Å². The van der Waals surface area contributed by atoms with Crippen molar-refractivity contribution in [3.8, 4) is 0 Å². The van der Waals surface area contributed by atoms with Crippen molar-refractivity contribution in [1.29, 1.82) is 0 Å². The average molecular weight is 510 g/mol. The number of nitrogens with zero attached hydrogens (tertiary/aromatic N) is 2. The Bertz CT molecular complexity index is 1100. The number of ether oxygens (including phenoxy) is 1. The van der Waals surface area contributed by atoms with Gasteiger partial charge in [0.25, 0.3) is 11.8 Å². The van der Waals surface area contributed by atoms with Crippen molar-refractivity contribution in [2.45, 2.75) is 50.7 Å². The molecule has 1 aromatic heterocycles. The highest BCUT2D eigenvalue weighted by atomic mass is 35.5. The van der Waals surface area contributed by atoms with E-state index in [1.807, 2.05) is 0 Å². The van der Waals surface area contributed by atoms with Crippen molar-refractivity contribution in [2.75, 3.05) is 18.5 Å². The van der Waals surface area contributed by atoms with Crippen LogP contribution in [0, 0.1) is 17.6 Å². The molecule has 2 aliphatic rings. The van der Waals surface area contributed by atoms with Gasteiger partial charge < -0.3 is 25.7 Å². The number of amides is 3. The number of primary amides is 1. The molecule has 4 rings (SSSR count). The molecular formula is C23H26ClF2N5O4. The Labute approximate surface area is 205 Å². The van der Waals surface area contributed by atoms with Crippen molar-refractivity contribution >= 4 is 35.0 Å². The Kier molecular flexibility index (Phi) is 7.66. The van der Waals surface area contributed by atoms with Crippen LogP contribution in [0.4, 0.5) is 14.5 Å². The van der Waals surface area contributed by atoms with Crippen molar-refractivity contribution in [3.05, 3.63) is 46.5 Å². The van der Waals surface area contributed by atoms with Gasteiger partial charge in [0.1, 0.15) is 11.5 Å². The molecule has 0 bridgehead atoms. The zero-order valence-corrected chi connectivity index (χ0v) is 19.6. The third-order valence-electron chi connectivity index (χ3n) is 6.47. The molecule has 9 nitrogen and oxygen atoms in total.